The van der Waals surface area contributed by atoms with Crippen molar-refractivity contribution in [1.82, 2.24) is 4.98 Å². The van der Waals surface area contributed by atoms with E-state index in [0.29, 0.717) is 26.1 Å². The van der Waals surface area contributed by atoms with Crippen LogP contribution in [0.5, 0.6) is 5.88 Å². The minimum absolute atomic E-state index is 0. The van der Waals surface area contributed by atoms with Crippen LogP contribution in [0.2, 0.25) is 0 Å². The first kappa shape index (κ1) is 24.6. The lowest BCUT2D eigenvalue weighted by Gasteiger charge is -2.31. The molecule has 0 atom stereocenters. The molecule has 2 heterocycles. The van der Waals surface area contributed by atoms with Crippen LogP contribution < -0.4 is 15.8 Å². The number of carbonyl (C=O) groups excluding carboxylic acids is 1. The smallest absolute Gasteiger partial charge is 0.340 e. The fraction of sp³-hybridized carbons (Fsp3) is 0.571. The molecule has 0 bridgehead atoms. The van der Waals surface area contributed by atoms with Gasteiger partial charge in [-0.1, -0.05) is 0 Å². The monoisotopic (exact) mass is 423 g/mol. The molecule has 0 unspecified atom stereocenters. The van der Waals surface area contributed by atoms with Crippen molar-refractivity contribution in [2.75, 3.05) is 25.1 Å². The molecule has 6 nitrogen and oxygen atoms in total. The molecule has 0 radical (unpaired) electrons. The van der Waals surface area contributed by atoms with Gasteiger partial charge in [-0.3, -0.25) is 4.79 Å². The third-order valence-electron chi connectivity index (χ3n) is 3.56. The Hall–Kier alpha value is -1.36. The summed E-state index contributed by atoms with van der Waals surface area (Å²) < 4.78 is 59.2. The summed E-state index contributed by atoms with van der Waals surface area (Å²) in [4.78, 5) is 15.9. The van der Waals surface area contributed by atoms with Crippen LogP contribution in [0.15, 0.2) is 18.3 Å². The minimum Gasteiger partial charge on any atom is -0.471 e. The molecular weight excluding hydrogens is 405 g/mol. The molecule has 1 aromatic rings. The average Bonchev–Trinajstić information content (AvgIpc) is 2.55. The maximum atomic E-state index is 12.7. The number of pyridine rings is 1. The van der Waals surface area contributed by atoms with Gasteiger partial charge in [0.2, 0.25) is 11.8 Å². The van der Waals surface area contributed by atoms with Crippen molar-refractivity contribution in [2.24, 2.45) is 5.73 Å². The number of alkyl halides is 4. The van der Waals surface area contributed by atoms with E-state index in [-0.39, 0.29) is 36.4 Å². The van der Waals surface area contributed by atoms with Gasteiger partial charge >= 0.3 is 12.3 Å². The van der Waals surface area contributed by atoms with E-state index in [4.69, 9.17) is 10.5 Å². The van der Waals surface area contributed by atoms with E-state index in [2.05, 4.69) is 15.0 Å². The van der Waals surface area contributed by atoms with Crippen molar-refractivity contribution in [3.8, 4) is 5.88 Å². The Morgan fingerprint density at radius 2 is 1.96 bits per heavy atom. The number of aromatic nitrogens is 1. The maximum Gasteiger partial charge on any atom is 0.340 e. The Kier molecular flexibility index (Phi) is 9.57. The van der Waals surface area contributed by atoms with E-state index in [1.54, 1.807) is 0 Å². The van der Waals surface area contributed by atoms with Gasteiger partial charge in [0.1, 0.15) is 5.54 Å². The molecule has 2 rings (SSSR count). The van der Waals surface area contributed by atoms with E-state index in [9.17, 15) is 22.4 Å². The highest BCUT2D eigenvalue weighted by molar-refractivity contribution is 5.97. The van der Waals surface area contributed by atoms with Crippen LogP contribution in [0.25, 0.3) is 0 Å². The predicted molar refractivity (Wildman–Crippen MR) is 90.8 cm³/mol. The molecule has 0 spiro atoms. The molecule has 1 saturated heterocycles. The molecule has 1 aliphatic rings. The zero-order valence-electron chi connectivity index (χ0n) is 13.4. The molecular formula is C14H19Cl2F4N3O3. The van der Waals surface area contributed by atoms with Crippen molar-refractivity contribution in [3.05, 3.63) is 18.3 Å². The lowest BCUT2D eigenvalue weighted by molar-refractivity contribution is -0.148. The number of nitrogens with zero attached hydrogens (tertiary/aromatic N) is 1. The number of rotatable bonds is 6. The number of halogens is 6. The molecule has 150 valence electrons. The summed E-state index contributed by atoms with van der Waals surface area (Å²) in [5.74, 6) is -4.93. The third-order valence-corrected chi connectivity index (χ3v) is 3.56. The van der Waals surface area contributed by atoms with Gasteiger partial charge in [-0.25, -0.2) is 13.8 Å². The van der Waals surface area contributed by atoms with Crippen molar-refractivity contribution in [3.63, 3.8) is 0 Å². The van der Waals surface area contributed by atoms with Gasteiger partial charge < -0.3 is 20.5 Å². The van der Waals surface area contributed by atoms with E-state index in [0.717, 1.165) is 6.20 Å². The Morgan fingerprint density at radius 3 is 2.46 bits per heavy atom. The summed E-state index contributed by atoms with van der Waals surface area (Å²) in [6.07, 6.45) is -1.92. The molecule has 12 heteroatoms. The molecule has 0 saturated carbocycles. The second-order valence-corrected chi connectivity index (χ2v) is 5.46. The second kappa shape index (κ2) is 10.1. The maximum absolute atomic E-state index is 12.7. The first-order chi connectivity index (χ1) is 11.2. The number of nitrogens with one attached hydrogen (secondary N) is 1. The van der Waals surface area contributed by atoms with Crippen LogP contribution in [0, 0.1) is 0 Å². The van der Waals surface area contributed by atoms with Crippen LogP contribution in [0.1, 0.15) is 12.8 Å². The fourth-order valence-electron chi connectivity index (χ4n) is 1.99. The average molecular weight is 424 g/mol. The van der Waals surface area contributed by atoms with Crippen molar-refractivity contribution in [1.29, 1.82) is 0 Å². The first-order valence-electron chi connectivity index (χ1n) is 7.16. The second-order valence-electron chi connectivity index (χ2n) is 5.46. The summed E-state index contributed by atoms with van der Waals surface area (Å²) in [7, 11) is 0. The lowest BCUT2D eigenvalue weighted by Crippen LogP contribution is -2.54. The molecule has 1 amide bonds. The summed E-state index contributed by atoms with van der Waals surface area (Å²) in [6.45, 7) is -0.726. The summed E-state index contributed by atoms with van der Waals surface area (Å²) in [5.41, 5.74) is 5.25. The summed E-state index contributed by atoms with van der Waals surface area (Å²) >= 11 is 0. The van der Waals surface area contributed by atoms with Crippen LogP contribution in [0.4, 0.5) is 23.2 Å². The van der Waals surface area contributed by atoms with Crippen LogP contribution in [-0.2, 0) is 9.53 Å². The normalized spacial score (nSPS) is 16.2. The van der Waals surface area contributed by atoms with E-state index in [1.807, 2.05) is 0 Å². The Labute approximate surface area is 159 Å². The van der Waals surface area contributed by atoms with Gasteiger partial charge in [0, 0.05) is 19.3 Å². The number of ether oxygens (including phenoxy) is 2. The molecule has 1 aromatic heterocycles. The Bertz CT molecular complexity index is 573. The van der Waals surface area contributed by atoms with E-state index in [1.165, 1.54) is 12.1 Å². The summed E-state index contributed by atoms with van der Waals surface area (Å²) in [6, 6.07) is 2.54. The van der Waals surface area contributed by atoms with Gasteiger partial charge in [-0.05, 0) is 18.9 Å². The van der Waals surface area contributed by atoms with E-state index >= 15 is 0 Å². The number of anilines is 1. The number of hydrogen-bond donors (Lipinski definition) is 2. The molecule has 0 aliphatic carbocycles. The number of amides is 1. The number of carbonyl (C=O) groups is 1. The zero-order valence-corrected chi connectivity index (χ0v) is 15.1. The van der Waals surface area contributed by atoms with Crippen molar-refractivity contribution >= 4 is 36.4 Å². The molecule has 1 fully saturated rings. The Balaban J connectivity index is 0.00000312. The highest BCUT2D eigenvalue weighted by atomic mass is 35.5. The SMILES string of the molecule is Cl.Cl.NC1(C(=O)Nc2ccc(OCC(F)(F)C(F)F)nc2)CCOCC1. The van der Waals surface area contributed by atoms with E-state index < -0.39 is 30.4 Å². The minimum atomic E-state index is -4.26. The van der Waals surface area contributed by atoms with Crippen LogP contribution in [-0.4, -0.2) is 48.6 Å². The fourth-order valence-corrected chi connectivity index (χ4v) is 1.99. The van der Waals surface area contributed by atoms with Crippen LogP contribution in [0.3, 0.4) is 0 Å². The van der Waals surface area contributed by atoms with Gasteiger partial charge in [0.25, 0.3) is 0 Å². The Morgan fingerprint density at radius 1 is 1.35 bits per heavy atom. The molecule has 0 aromatic carbocycles. The van der Waals surface area contributed by atoms with Crippen molar-refractivity contribution in [2.45, 2.75) is 30.7 Å². The van der Waals surface area contributed by atoms with Crippen LogP contribution >= 0.6 is 24.8 Å². The van der Waals surface area contributed by atoms with Crippen molar-refractivity contribution < 1.29 is 31.8 Å². The van der Waals surface area contributed by atoms with Gasteiger partial charge in [0.05, 0.1) is 11.9 Å². The molecule has 3 N–H and O–H groups in total. The predicted octanol–water partition coefficient (Wildman–Crippen LogP) is 2.65. The van der Waals surface area contributed by atoms with Gasteiger partial charge in [0.15, 0.2) is 6.61 Å². The van der Waals surface area contributed by atoms with Gasteiger partial charge in [-0.15, -0.1) is 24.8 Å². The lowest BCUT2D eigenvalue weighted by atomic mass is 9.90. The standard InChI is InChI=1S/C14H17F4N3O3.2ClH/c15-11(16)14(17,18)8-24-10-2-1-9(7-20-10)21-12(22)13(19)3-5-23-6-4-13;;/h1-2,7,11H,3-6,8,19H2,(H,21,22);2*1H. The number of nitrogens with two attached hydrogens (primary N) is 1. The third kappa shape index (κ3) is 6.42. The van der Waals surface area contributed by atoms with Gasteiger partial charge in [-0.2, -0.15) is 8.78 Å². The first-order valence-corrected chi connectivity index (χ1v) is 7.16. The zero-order chi connectivity index (χ0) is 17.8. The molecule has 1 aliphatic heterocycles. The topological polar surface area (TPSA) is 86.5 Å². The molecule has 26 heavy (non-hydrogen) atoms. The largest absolute Gasteiger partial charge is 0.471 e. The highest BCUT2D eigenvalue weighted by Crippen LogP contribution is 2.24. The summed E-state index contributed by atoms with van der Waals surface area (Å²) in [5, 5.41) is 2.56. The quantitative estimate of drug-likeness (QED) is 0.686. The highest BCUT2D eigenvalue weighted by Gasteiger charge is 2.42. The number of hydrogen-bond acceptors (Lipinski definition) is 5.